The van der Waals surface area contributed by atoms with Gasteiger partial charge in [-0.2, -0.15) is 0 Å². The molecule has 0 amide bonds. The molecule has 0 spiro atoms. The van der Waals surface area contributed by atoms with Crippen LogP contribution in [0.2, 0.25) is 0 Å². The van der Waals surface area contributed by atoms with Crippen molar-refractivity contribution < 1.29 is 0 Å². The molecule has 0 aliphatic carbocycles. The highest BCUT2D eigenvalue weighted by atomic mass is 15.2. The van der Waals surface area contributed by atoms with Crippen LogP contribution in [0.25, 0.3) is 0 Å². The Kier molecular flexibility index (Phi) is 5.40. The lowest BCUT2D eigenvalue weighted by Crippen LogP contribution is -2.40. The minimum atomic E-state index is 0.177. The maximum Gasteiger partial charge on any atom is 0.0369 e. The molecule has 2 nitrogen and oxygen atoms in total. The summed E-state index contributed by atoms with van der Waals surface area (Å²) in [4.78, 5) is 2.36. The number of anilines is 1. The van der Waals surface area contributed by atoms with Crippen LogP contribution in [0, 0.1) is 0 Å². The summed E-state index contributed by atoms with van der Waals surface area (Å²) in [5.41, 5.74) is 9.90. The summed E-state index contributed by atoms with van der Waals surface area (Å²) in [6, 6.07) is 20.1. The molecule has 0 aliphatic rings. The topological polar surface area (TPSA) is 29.3 Å². The third kappa shape index (κ3) is 4.61. The van der Waals surface area contributed by atoms with E-state index in [0.29, 0.717) is 6.04 Å². The molecule has 0 unspecified atom stereocenters. The molecule has 1 atom stereocenters. The molecule has 2 aromatic rings. The molecule has 2 heteroatoms. The molecule has 0 radical (unpaired) electrons. The van der Waals surface area contributed by atoms with Crippen molar-refractivity contribution >= 4 is 5.69 Å². The lowest BCUT2D eigenvalue weighted by atomic mass is 10.0. The highest BCUT2D eigenvalue weighted by Gasteiger charge is 2.12. The van der Waals surface area contributed by atoms with Gasteiger partial charge in [0.15, 0.2) is 0 Å². The van der Waals surface area contributed by atoms with Crippen LogP contribution in [0.1, 0.15) is 31.9 Å². The normalized spacial score (nSPS) is 12.4. The minimum absolute atomic E-state index is 0.177. The minimum Gasteiger partial charge on any atom is -0.368 e. The second kappa shape index (κ2) is 7.28. The van der Waals surface area contributed by atoms with Crippen LogP contribution in [0.5, 0.6) is 0 Å². The van der Waals surface area contributed by atoms with E-state index in [1.165, 1.54) is 16.8 Å². The van der Waals surface area contributed by atoms with Crippen molar-refractivity contribution in [3.63, 3.8) is 0 Å². The van der Waals surface area contributed by atoms with Crippen LogP contribution >= 0.6 is 0 Å². The van der Waals surface area contributed by atoms with E-state index in [1.807, 2.05) is 0 Å². The molecular weight excluding hydrogens is 256 g/mol. The van der Waals surface area contributed by atoms with E-state index in [2.05, 4.69) is 80.3 Å². The van der Waals surface area contributed by atoms with E-state index in [9.17, 15) is 0 Å². The number of hydrogen-bond donors (Lipinski definition) is 1. The Morgan fingerprint density at radius 3 is 1.95 bits per heavy atom. The molecule has 112 valence electrons. The van der Waals surface area contributed by atoms with E-state index in [4.69, 9.17) is 5.73 Å². The van der Waals surface area contributed by atoms with Gasteiger partial charge in [-0.25, -0.2) is 0 Å². The van der Waals surface area contributed by atoms with Gasteiger partial charge < -0.3 is 10.6 Å². The van der Waals surface area contributed by atoms with Crippen LogP contribution in [0.15, 0.2) is 54.6 Å². The average molecular weight is 282 g/mol. The Morgan fingerprint density at radius 1 is 0.857 bits per heavy atom. The quantitative estimate of drug-likeness (QED) is 0.872. The highest BCUT2D eigenvalue weighted by Crippen LogP contribution is 2.19. The van der Waals surface area contributed by atoms with E-state index < -0.39 is 0 Å². The van der Waals surface area contributed by atoms with Crippen molar-refractivity contribution in [2.24, 2.45) is 5.73 Å². The number of rotatable bonds is 6. The fraction of sp³-hybridized carbons (Fsp3) is 0.368. The smallest absolute Gasteiger partial charge is 0.0369 e. The molecule has 0 aliphatic heterocycles. The van der Waals surface area contributed by atoms with Gasteiger partial charge in [-0.3, -0.25) is 0 Å². The summed E-state index contributed by atoms with van der Waals surface area (Å²) in [5, 5.41) is 0. The van der Waals surface area contributed by atoms with Gasteiger partial charge in [-0.05, 0) is 50.5 Å². The van der Waals surface area contributed by atoms with Crippen LogP contribution in [-0.2, 0) is 6.42 Å². The predicted molar refractivity (Wildman–Crippen MR) is 91.8 cm³/mol. The Balaban J connectivity index is 2.10. The van der Waals surface area contributed by atoms with Crippen molar-refractivity contribution in [3.05, 3.63) is 65.7 Å². The average Bonchev–Trinajstić information content (AvgIpc) is 2.46. The molecule has 2 rings (SSSR count). The van der Waals surface area contributed by atoms with Gasteiger partial charge >= 0.3 is 0 Å². The number of hydrogen-bond acceptors (Lipinski definition) is 2. The SMILES string of the molecule is CC(C)N(C[C@H](C)N)c1ccc(Cc2ccccc2)cc1. The summed E-state index contributed by atoms with van der Waals surface area (Å²) in [5.74, 6) is 0. The lowest BCUT2D eigenvalue weighted by Gasteiger charge is -2.30. The molecule has 2 aromatic carbocycles. The van der Waals surface area contributed by atoms with E-state index >= 15 is 0 Å². The van der Waals surface area contributed by atoms with Gasteiger partial charge in [0.1, 0.15) is 0 Å². The maximum atomic E-state index is 5.96. The van der Waals surface area contributed by atoms with Gasteiger partial charge in [-0.1, -0.05) is 42.5 Å². The van der Waals surface area contributed by atoms with Crippen molar-refractivity contribution in [1.82, 2.24) is 0 Å². The zero-order chi connectivity index (χ0) is 15.2. The number of benzene rings is 2. The number of nitrogens with zero attached hydrogens (tertiary/aromatic N) is 1. The second-order valence-corrected chi connectivity index (χ2v) is 6.05. The molecule has 0 fully saturated rings. The largest absolute Gasteiger partial charge is 0.368 e. The van der Waals surface area contributed by atoms with E-state index in [-0.39, 0.29) is 6.04 Å². The molecule has 0 heterocycles. The fourth-order valence-corrected chi connectivity index (χ4v) is 2.56. The number of nitrogens with two attached hydrogens (primary N) is 1. The maximum absolute atomic E-state index is 5.96. The fourth-order valence-electron chi connectivity index (χ4n) is 2.56. The second-order valence-electron chi connectivity index (χ2n) is 6.05. The first-order chi connectivity index (χ1) is 10.1. The van der Waals surface area contributed by atoms with Crippen molar-refractivity contribution in [3.8, 4) is 0 Å². The van der Waals surface area contributed by atoms with Gasteiger partial charge in [0.25, 0.3) is 0 Å². The summed E-state index contributed by atoms with van der Waals surface area (Å²) >= 11 is 0. The first kappa shape index (κ1) is 15.6. The molecule has 0 bridgehead atoms. The van der Waals surface area contributed by atoms with Crippen LogP contribution in [0.4, 0.5) is 5.69 Å². The summed E-state index contributed by atoms with van der Waals surface area (Å²) in [7, 11) is 0. The van der Waals surface area contributed by atoms with E-state index in [0.717, 1.165) is 13.0 Å². The van der Waals surface area contributed by atoms with Gasteiger partial charge in [-0.15, -0.1) is 0 Å². The summed E-state index contributed by atoms with van der Waals surface area (Å²) in [6.07, 6.45) is 0.982. The molecule has 0 saturated carbocycles. The van der Waals surface area contributed by atoms with Crippen LogP contribution in [0.3, 0.4) is 0 Å². The molecule has 0 aromatic heterocycles. The zero-order valence-electron chi connectivity index (χ0n) is 13.3. The summed E-state index contributed by atoms with van der Waals surface area (Å²) in [6.45, 7) is 7.36. The van der Waals surface area contributed by atoms with Gasteiger partial charge in [0, 0.05) is 24.3 Å². The Morgan fingerprint density at radius 2 is 1.43 bits per heavy atom. The first-order valence-corrected chi connectivity index (χ1v) is 7.71. The zero-order valence-corrected chi connectivity index (χ0v) is 13.3. The predicted octanol–water partition coefficient (Wildman–Crippen LogP) is 3.84. The molecule has 2 N–H and O–H groups in total. The monoisotopic (exact) mass is 282 g/mol. The Labute approximate surface area is 128 Å². The molecular formula is C19H26N2. The molecule has 0 saturated heterocycles. The standard InChI is InChI=1S/C19H26N2/c1-15(2)21(14-16(3)20)19-11-9-18(10-12-19)13-17-7-5-4-6-8-17/h4-12,15-16H,13-14,20H2,1-3H3/t16-/m0/s1. The summed E-state index contributed by atoms with van der Waals surface area (Å²) < 4.78 is 0. The Bertz CT molecular complexity index is 529. The third-order valence-electron chi connectivity index (χ3n) is 3.63. The van der Waals surface area contributed by atoms with Crippen molar-refractivity contribution in [1.29, 1.82) is 0 Å². The lowest BCUT2D eigenvalue weighted by molar-refractivity contribution is 0.620. The van der Waals surface area contributed by atoms with Gasteiger partial charge in [0.2, 0.25) is 0 Å². The highest BCUT2D eigenvalue weighted by molar-refractivity contribution is 5.49. The van der Waals surface area contributed by atoms with Crippen molar-refractivity contribution in [2.45, 2.75) is 39.3 Å². The van der Waals surface area contributed by atoms with Crippen molar-refractivity contribution in [2.75, 3.05) is 11.4 Å². The first-order valence-electron chi connectivity index (χ1n) is 7.71. The molecule has 21 heavy (non-hydrogen) atoms. The van der Waals surface area contributed by atoms with E-state index in [1.54, 1.807) is 0 Å². The van der Waals surface area contributed by atoms with Gasteiger partial charge in [0.05, 0.1) is 0 Å². The van der Waals surface area contributed by atoms with Crippen LogP contribution < -0.4 is 10.6 Å². The van der Waals surface area contributed by atoms with Crippen LogP contribution in [-0.4, -0.2) is 18.6 Å². The third-order valence-corrected chi connectivity index (χ3v) is 3.63. The Hall–Kier alpha value is -1.80.